The summed E-state index contributed by atoms with van der Waals surface area (Å²) in [6.45, 7) is -0.967. The van der Waals surface area contributed by atoms with Crippen LogP contribution in [0.5, 0.6) is 0 Å². The van der Waals surface area contributed by atoms with Gasteiger partial charge >= 0.3 is 0 Å². The molecule has 28 heavy (non-hydrogen) atoms. The zero-order valence-corrected chi connectivity index (χ0v) is 17.0. The first-order valence-electron chi connectivity index (χ1n) is 8.20. The lowest BCUT2D eigenvalue weighted by atomic mass is 10.00. The highest BCUT2D eigenvalue weighted by molar-refractivity contribution is 7.89. The molecule has 3 N–H and O–H groups in total. The van der Waals surface area contributed by atoms with Gasteiger partial charge in [0, 0.05) is 11.8 Å². The monoisotopic (exact) mass is 431 g/mol. The first-order chi connectivity index (χ1) is 13.0. The fourth-order valence-electron chi connectivity index (χ4n) is 2.47. The van der Waals surface area contributed by atoms with Crippen LogP contribution in [0.1, 0.15) is 17.4 Å². The van der Waals surface area contributed by atoms with Crippen molar-refractivity contribution < 1.29 is 26.3 Å². The number of halogens is 1. The van der Waals surface area contributed by atoms with Crippen molar-refractivity contribution in [1.82, 2.24) is 14.4 Å². The summed E-state index contributed by atoms with van der Waals surface area (Å²) in [5.41, 5.74) is 2.46. The Morgan fingerprint density at radius 1 is 1.00 bits per heavy atom. The Bertz CT molecular complexity index is 994. The van der Waals surface area contributed by atoms with Crippen LogP contribution in [0, 0.1) is 0 Å². The van der Waals surface area contributed by atoms with Gasteiger partial charge in [-0.1, -0.05) is 30.3 Å². The maximum absolute atomic E-state index is 13.1. The number of sulfonamides is 2. The molecule has 0 aliphatic rings. The smallest absolute Gasteiger partial charge is 0.209 e. The molecular formula is C17H22FN3O5S2. The van der Waals surface area contributed by atoms with Gasteiger partial charge in [-0.2, -0.15) is 0 Å². The number of hydrogen-bond donors (Lipinski definition) is 3. The van der Waals surface area contributed by atoms with Crippen LogP contribution in [0.15, 0.2) is 42.6 Å². The van der Waals surface area contributed by atoms with E-state index in [1.165, 1.54) is 0 Å². The minimum atomic E-state index is -3.66. The molecule has 1 heterocycles. The molecule has 0 aliphatic carbocycles. The minimum absolute atomic E-state index is 0.0855. The molecule has 0 saturated carbocycles. The van der Waals surface area contributed by atoms with Crippen molar-refractivity contribution in [3.63, 3.8) is 0 Å². The molecule has 154 valence electrons. The van der Waals surface area contributed by atoms with E-state index in [2.05, 4.69) is 14.4 Å². The number of hydrogen-bond acceptors (Lipinski definition) is 6. The molecule has 8 nitrogen and oxygen atoms in total. The lowest BCUT2D eigenvalue weighted by Crippen LogP contribution is -2.40. The number of aliphatic hydroxyl groups excluding tert-OH is 1. The number of benzene rings is 1. The summed E-state index contributed by atoms with van der Waals surface area (Å²) >= 11 is 0. The van der Waals surface area contributed by atoms with E-state index < -0.39 is 38.9 Å². The second-order valence-corrected chi connectivity index (χ2v) is 9.96. The van der Waals surface area contributed by atoms with E-state index in [4.69, 9.17) is 0 Å². The lowest BCUT2D eigenvalue weighted by molar-refractivity contribution is 0.125. The zero-order valence-electron chi connectivity index (χ0n) is 15.3. The van der Waals surface area contributed by atoms with Crippen molar-refractivity contribution in [2.75, 3.05) is 19.2 Å². The Morgan fingerprint density at radius 2 is 1.61 bits per heavy atom. The van der Waals surface area contributed by atoms with E-state index in [-0.39, 0.29) is 6.54 Å². The van der Waals surface area contributed by atoms with E-state index in [1.807, 2.05) is 0 Å². The van der Waals surface area contributed by atoms with Gasteiger partial charge in [0.25, 0.3) is 0 Å². The van der Waals surface area contributed by atoms with Crippen LogP contribution in [0.3, 0.4) is 0 Å². The molecule has 2 aromatic rings. The van der Waals surface area contributed by atoms with Gasteiger partial charge in [0.15, 0.2) is 0 Å². The lowest BCUT2D eigenvalue weighted by Gasteiger charge is -2.21. The summed E-state index contributed by atoms with van der Waals surface area (Å²) in [6, 6.07) is 8.72. The van der Waals surface area contributed by atoms with Crippen LogP contribution in [-0.4, -0.2) is 52.2 Å². The van der Waals surface area contributed by atoms with Crippen LogP contribution < -0.4 is 9.44 Å². The van der Waals surface area contributed by atoms with Crippen LogP contribution in [0.25, 0.3) is 11.1 Å². The Labute approximate surface area is 163 Å². The zero-order chi connectivity index (χ0) is 20.9. The van der Waals surface area contributed by atoms with Gasteiger partial charge in [0.2, 0.25) is 20.0 Å². The maximum Gasteiger partial charge on any atom is 0.209 e. The molecule has 2 rings (SSSR count). The highest BCUT2D eigenvalue weighted by Gasteiger charge is 2.24. The van der Waals surface area contributed by atoms with Gasteiger partial charge in [-0.25, -0.2) is 30.7 Å². The van der Waals surface area contributed by atoms with E-state index in [0.717, 1.165) is 23.6 Å². The average Bonchev–Trinajstić information content (AvgIpc) is 2.63. The van der Waals surface area contributed by atoms with Crippen LogP contribution >= 0.6 is 0 Å². The van der Waals surface area contributed by atoms with Gasteiger partial charge in [-0.15, -0.1) is 0 Å². The SMILES string of the molecule is CS(=O)(=O)NCc1ccc(-c2ccc(C(O)C(CF)NS(C)(=O)=O)cc2)cn1. The summed E-state index contributed by atoms with van der Waals surface area (Å²) in [4.78, 5) is 4.19. The Balaban J connectivity index is 2.11. The number of nitrogens with one attached hydrogen (secondary N) is 2. The van der Waals surface area contributed by atoms with Crippen molar-refractivity contribution in [3.05, 3.63) is 53.9 Å². The maximum atomic E-state index is 13.1. The predicted molar refractivity (Wildman–Crippen MR) is 104 cm³/mol. The Kier molecular flexibility index (Phi) is 7.23. The molecule has 0 amide bonds. The summed E-state index contributed by atoms with van der Waals surface area (Å²) in [7, 11) is -6.96. The predicted octanol–water partition coefficient (Wildman–Crippen LogP) is 0.718. The van der Waals surface area contributed by atoms with Gasteiger partial charge < -0.3 is 5.11 Å². The summed E-state index contributed by atoms with van der Waals surface area (Å²) in [5, 5.41) is 10.2. The van der Waals surface area contributed by atoms with Gasteiger partial charge in [-0.05, 0) is 17.2 Å². The molecule has 0 radical (unpaired) electrons. The first-order valence-corrected chi connectivity index (χ1v) is 12.0. The molecule has 0 bridgehead atoms. The second-order valence-electron chi connectivity index (χ2n) is 6.35. The number of nitrogens with zero attached hydrogens (tertiary/aromatic N) is 1. The van der Waals surface area contributed by atoms with Crippen molar-refractivity contribution in [2.24, 2.45) is 0 Å². The number of alkyl halides is 1. The van der Waals surface area contributed by atoms with Crippen molar-refractivity contribution in [3.8, 4) is 11.1 Å². The molecule has 0 aliphatic heterocycles. The van der Waals surface area contributed by atoms with Crippen molar-refractivity contribution in [2.45, 2.75) is 18.7 Å². The van der Waals surface area contributed by atoms with Crippen molar-refractivity contribution >= 4 is 20.0 Å². The Morgan fingerprint density at radius 3 is 2.07 bits per heavy atom. The molecule has 1 aromatic heterocycles. The number of pyridine rings is 1. The molecule has 1 aromatic carbocycles. The highest BCUT2D eigenvalue weighted by atomic mass is 32.2. The third-order valence-electron chi connectivity index (χ3n) is 3.84. The molecule has 2 atom stereocenters. The average molecular weight is 432 g/mol. The normalized spacial score (nSPS) is 14.6. The van der Waals surface area contributed by atoms with E-state index >= 15 is 0 Å². The summed E-state index contributed by atoms with van der Waals surface area (Å²) < 4.78 is 62.3. The standard InChI is InChI=1S/C17H22FN3O5S2/c1-27(23,24)20-11-15-8-7-14(10-19-15)12-3-5-13(6-4-12)17(22)16(9-18)21-28(2,25)26/h3-8,10,16-17,20-22H,9,11H2,1-2H3. The van der Waals surface area contributed by atoms with Crippen LogP contribution in [0.4, 0.5) is 4.39 Å². The third kappa shape index (κ3) is 6.91. The van der Waals surface area contributed by atoms with E-state index in [0.29, 0.717) is 11.3 Å². The molecular weight excluding hydrogens is 409 g/mol. The van der Waals surface area contributed by atoms with Crippen LogP contribution in [0.2, 0.25) is 0 Å². The van der Waals surface area contributed by atoms with Crippen LogP contribution in [-0.2, 0) is 26.6 Å². The highest BCUT2D eigenvalue weighted by Crippen LogP contribution is 2.23. The molecule has 2 unspecified atom stereocenters. The number of aromatic nitrogens is 1. The largest absolute Gasteiger partial charge is 0.387 e. The molecule has 0 spiro atoms. The molecule has 11 heteroatoms. The second kappa shape index (κ2) is 9.05. The summed E-state index contributed by atoms with van der Waals surface area (Å²) in [6.07, 6.45) is 2.21. The van der Waals surface area contributed by atoms with E-state index in [9.17, 15) is 26.3 Å². The van der Waals surface area contributed by atoms with Gasteiger partial charge in [0.05, 0.1) is 36.9 Å². The first kappa shape index (κ1) is 22.4. The molecule has 0 fully saturated rings. The Hall–Kier alpha value is -1.92. The fourth-order valence-corrected chi connectivity index (χ4v) is 3.62. The fraction of sp³-hybridized carbons (Fsp3) is 0.353. The third-order valence-corrected chi connectivity index (χ3v) is 5.24. The minimum Gasteiger partial charge on any atom is -0.387 e. The number of aliphatic hydroxyl groups is 1. The van der Waals surface area contributed by atoms with E-state index in [1.54, 1.807) is 42.6 Å². The topological polar surface area (TPSA) is 125 Å². The number of rotatable bonds is 9. The summed E-state index contributed by atoms with van der Waals surface area (Å²) in [5.74, 6) is 0. The van der Waals surface area contributed by atoms with Gasteiger partial charge in [0.1, 0.15) is 6.67 Å². The molecule has 0 saturated heterocycles. The van der Waals surface area contributed by atoms with Gasteiger partial charge in [-0.3, -0.25) is 4.98 Å². The quantitative estimate of drug-likeness (QED) is 0.537. The van der Waals surface area contributed by atoms with Crippen molar-refractivity contribution in [1.29, 1.82) is 0 Å².